The number of hydrogen-bond donors (Lipinski definition) is 3. The standard InChI is InChI=1S/C12H22N2O3/c1-7(2)10(11(15)16)6-13-12(17)14-8(3)9-4-5-9/h7-10H,4-6H2,1-3H3,(H,15,16)(H2,13,14,17). The molecule has 0 heterocycles. The normalized spacial score (nSPS) is 18.6. The highest BCUT2D eigenvalue weighted by Crippen LogP contribution is 2.32. The van der Waals surface area contributed by atoms with E-state index in [0.717, 1.165) is 0 Å². The van der Waals surface area contributed by atoms with E-state index in [-0.39, 0.29) is 24.5 Å². The van der Waals surface area contributed by atoms with Gasteiger partial charge < -0.3 is 15.7 Å². The molecule has 0 aliphatic heterocycles. The highest BCUT2D eigenvalue weighted by Gasteiger charge is 2.29. The van der Waals surface area contributed by atoms with Crippen molar-refractivity contribution in [2.75, 3.05) is 6.54 Å². The van der Waals surface area contributed by atoms with Crippen molar-refractivity contribution in [3.63, 3.8) is 0 Å². The lowest BCUT2D eigenvalue weighted by atomic mass is 9.96. The van der Waals surface area contributed by atoms with E-state index >= 15 is 0 Å². The van der Waals surface area contributed by atoms with Gasteiger partial charge in [-0.1, -0.05) is 13.8 Å². The molecule has 17 heavy (non-hydrogen) atoms. The Labute approximate surface area is 102 Å². The lowest BCUT2D eigenvalue weighted by Gasteiger charge is -2.18. The predicted octanol–water partition coefficient (Wildman–Crippen LogP) is 1.44. The van der Waals surface area contributed by atoms with Gasteiger partial charge in [-0.05, 0) is 31.6 Å². The van der Waals surface area contributed by atoms with Crippen LogP contribution in [0.1, 0.15) is 33.6 Å². The van der Waals surface area contributed by atoms with Crippen LogP contribution in [-0.4, -0.2) is 29.7 Å². The summed E-state index contributed by atoms with van der Waals surface area (Å²) in [7, 11) is 0. The molecule has 1 fully saturated rings. The van der Waals surface area contributed by atoms with Crippen LogP contribution in [0.3, 0.4) is 0 Å². The van der Waals surface area contributed by atoms with Crippen LogP contribution in [0.5, 0.6) is 0 Å². The summed E-state index contributed by atoms with van der Waals surface area (Å²) in [5.74, 6) is -0.790. The first-order chi connectivity index (χ1) is 7.91. The number of hydrogen-bond acceptors (Lipinski definition) is 2. The molecule has 0 spiro atoms. The first-order valence-corrected chi connectivity index (χ1v) is 6.19. The summed E-state index contributed by atoms with van der Waals surface area (Å²) in [4.78, 5) is 22.4. The van der Waals surface area contributed by atoms with Gasteiger partial charge in [0.25, 0.3) is 0 Å². The minimum Gasteiger partial charge on any atom is -0.481 e. The maximum absolute atomic E-state index is 11.5. The first-order valence-electron chi connectivity index (χ1n) is 6.19. The van der Waals surface area contributed by atoms with E-state index < -0.39 is 11.9 Å². The molecule has 5 nitrogen and oxygen atoms in total. The summed E-state index contributed by atoms with van der Waals surface area (Å²) in [5, 5.41) is 14.4. The van der Waals surface area contributed by atoms with Crippen LogP contribution in [0.4, 0.5) is 4.79 Å². The van der Waals surface area contributed by atoms with Crippen molar-refractivity contribution in [2.45, 2.75) is 39.7 Å². The van der Waals surface area contributed by atoms with Gasteiger partial charge >= 0.3 is 12.0 Å². The Morgan fingerprint density at radius 2 is 1.88 bits per heavy atom. The van der Waals surface area contributed by atoms with Crippen LogP contribution in [0.25, 0.3) is 0 Å². The molecule has 98 valence electrons. The van der Waals surface area contributed by atoms with Crippen molar-refractivity contribution in [1.29, 1.82) is 0 Å². The maximum atomic E-state index is 11.5. The number of carbonyl (C=O) groups excluding carboxylic acids is 1. The van der Waals surface area contributed by atoms with Gasteiger partial charge in [0, 0.05) is 12.6 Å². The molecular weight excluding hydrogens is 220 g/mol. The zero-order valence-electron chi connectivity index (χ0n) is 10.7. The number of amides is 2. The highest BCUT2D eigenvalue weighted by atomic mass is 16.4. The van der Waals surface area contributed by atoms with Gasteiger partial charge in [-0.15, -0.1) is 0 Å². The molecule has 0 aromatic heterocycles. The summed E-state index contributed by atoms with van der Waals surface area (Å²) in [6.45, 7) is 5.83. The molecule has 1 rings (SSSR count). The van der Waals surface area contributed by atoms with Gasteiger partial charge in [0.15, 0.2) is 0 Å². The summed E-state index contributed by atoms with van der Waals surface area (Å²) in [6, 6.07) is -0.0892. The second kappa shape index (κ2) is 5.89. The molecule has 0 saturated heterocycles. The van der Waals surface area contributed by atoms with Crippen molar-refractivity contribution < 1.29 is 14.7 Å². The van der Waals surface area contributed by atoms with Gasteiger partial charge in [0.1, 0.15) is 0 Å². The second-order valence-corrected chi connectivity index (χ2v) is 5.17. The molecule has 0 radical (unpaired) electrons. The van der Waals surface area contributed by atoms with E-state index in [1.807, 2.05) is 20.8 Å². The van der Waals surface area contributed by atoms with E-state index in [4.69, 9.17) is 5.11 Å². The third kappa shape index (κ3) is 4.63. The minimum absolute atomic E-state index is 0.00801. The Morgan fingerprint density at radius 3 is 2.29 bits per heavy atom. The lowest BCUT2D eigenvalue weighted by molar-refractivity contribution is -0.142. The fourth-order valence-corrected chi connectivity index (χ4v) is 1.78. The monoisotopic (exact) mass is 242 g/mol. The van der Waals surface area contributed by atoms with E-state index in [9.17, 15) is 9.59 Å². The number of aliphatic carboxylic acids is 1. The summed E-state index contributed by atoms with van der Waals surface area (Å²) < 4.78 is 0. The van der Waals surface area contributed by atoms with Crippen LogP contribution in [0.15, 0.2) is 0 Å². The molecule has 1 aliphatic carbocycles. The summed E-state index contributed by atoms with van der Waals surface area (Å²) in [6.07, 6.45) is 2.34. The Morgan fingerprint density at radius 1 is 1.29 bits per heavy atom. The molecule has 5 heteroatoms. The minimum atomic E-state index is -0.865. The van der Waals surface area contributed by atoms with Crippen LogP contribution in [-0.2, 0) is 4.79 Å². The van der Waals surface area contributed by atoms with Crippen LogP contribution >= 0.6 is 0 Å². The number of carboxylic acid groups (broad SMARTS) is 1. The third-order valence-corrected chi connectivity index (χ3v) is 3.29. The summed E-state index contributed by atoms with van der Waals surface area (Å²) in [5.41, 5.74) is 0. The average Bonchev–Trinajstić information content (AvgIpc) is 2.99. The first kappa shape index (κ1) is 13.8. The molecule has 2 amide bonds. The number of carbonyl (C=O) groups is 2. The molecule has 1 saturated carbocycles. The van der Waals surface area contributed by atoms with Crippen molar-refractivity contribution in [3.05, 3.63) is 0 Å². The molecule has 0 bridgehead atoms. The number of carboxylic acids is 1. The van der Waals surface area contributed by atoms with Gasteiger partial charge in [-0.2, -0.15) is 0 Å². The average molecular weight is 242 g/mol. The van der Waals surface area contributed by atoms with Gasteiger partial charge in [0.05, 0.1) is 5.92 Å². The molecule has 2 unspecified atom stereocenters. The van der Waals surface area contributed by atoms with Crippen LogP contribution in [0, 0.1) is 17.8 Å². The summed E-state index contributed by atoms with van der Waals surface area (Å²) >= 11 is 0. The topological polar surface area (TPSA) is 78.4 Å². The molecule has 1 aliphatic rings. The van der Waals surface area contributed by atoms with Gasteiger partial charge in [-0.3, -0.25) is 4.79 Å². The van der Waals surface area contributed by atoms with E-state index in [2.05, 4.69) is 10.6 Å². The Bertz CT molecular complexity index is 287. The van der Waals surface area contributed by atoms with Crippen LogP contribution in [0.2, 0.25) is 0 Å². The second-order valence-electron chi connectivity index (χ2n) is 5.17. The molecule has 3 N–H and O–H groups in total. The van der Waals surface area contributed by atoms with Crippen molar-refractivity contribution in [2.24, 2.45) is 17.8 Å². The molecular formula is C12H22N2O3. The predicted molar refractivity (Wildman–Crippen MR) is 64.7 cm³/mol. The number of urea groups is 1. The van der Waals surface area contributed by atoms with Crippen molar-refractivity contribution in [1.82, 2.24) is 10.6 Å². The zero-order valence-corrected chi connectivity index (χ0v) is 10.7. The Balaban J connectivity index is 2.27. The quantitative estimate of drug-likeness (QED) is 0.659. The Kier molecular flexibility index (Phi) is 4.78. The van der Waals surface area contributed by atoms with Crippen LogP contribution < -0.4 is 10.6 Å². The maximum Gasteiger partial charge on any atom is 0.315 e. The lowest BCUT2D eigenvalue weighted by Crippen LogP contribution is -2.45. The highest BCUT2D eigenvalue weighted by molar-refractivity contribution is 5.76. The van der Waals surface area contributed by atoms with Crippen molar-refractivity contribution >= 4 is 12.0 Å². The largest absolute Gasteiger partial charge is 0.481 e. The molecule has 0 aromatic carbocycles. The van der Waals surface area contributed by atoms with E-state index in [1.54, 1.807) is 0 Å². The third-order valence-electron chi connectivity index (χ3n) is 3.29. The SMILES string of the molecule is CC(C)C(CNC(=O)NC(C)C1CC1)C(=O)O. The number of nitrogens with one attached hydrogen (secondary N) is 2. The smallest absolute Gasteiger partial charge is 0.315 e. The van der Waals surface area contributed by atoms with Gasteiger partial charge in [0.2, 0.25) is 0 Å². The number of rotatable bonds is 6. The zero-order chi connectivity index (χ0) is 13.0. The van der Waals surface area contributed by atoms with E-state index in [0.29, 0.717) is 5.92 Å². The Hall–Kier alpha value is -1.26. The van der Waals surface area contributed by atoms with E-state index in [1.165, 1.54) is 12.8 Å². The fraction of sp³-hybridized carbons (Fsp3) is 0.833. The molecule has 0 aromatic rings. The molecule has 2 atom stereocenters. The fourth-order valence-electron chi connectivity index (χ4n) is 1.78. The van der Waals surface area contributed by atoms with Crippen molar-refractivity contribution in [3.8, 4) is 0 Å². The van der Waals surface area contributed by atoms with Gasteiger partial charge in [-0.25, -0.2) is 4.79 Å².